The van der Waals surface area contributed by atoms with Gasteiger partial charge in [-0.1, -0.05) is 5.11 Å². The molecule has 2 atom stereocenters. The Kier molecular flexibility index (Phi) is 4.36. The largest absolute Gasteiger partial charge is 0.388 e. The molecule has 7 heteroatoms. The summed E-state index contributed by atoms with van der Waals surface area (Å²) in [6, 6.07) is 0. The van der Waals surface area contributed by atoms with E-state index in [-0.39, 0.29) is 25.1 Å². The third kappa shape index (κ3) is 3.09. The van der Waals surface area contributed by atoms with E-state index in [9.17, 15) is 9.90 Å². The first-order valence-electron chi connectivity index (χ1n) is 4.77. The fourth-order valence-electron chi connectivity index (χ4n) is 1.53. The van der Waals surface area contributed by atoms with Crippen LogP contribution in [-0.4, -0.2) is 54.4 Å². The molecule has 7 nitrogen and oxygen atoms in total. The molecule has 1 saturated heterocycles. The minimum atomic E-state index is -0.653. The van der Waals surface area contributed by atoms with Crippen LogP contribution in [0.25, 0.3) is 10.4 Å². The van der Waals surface area contributed by atoms with E-state index in [0.29, 0.717) is 13.2 Å². The third-order valence-electron chi connectivity index (χ3n) is 2.24. The van der Waals surface area contributed by atoms with Crippen LogP contribution in [0, 0.1) is 0 Å². The highest BCUT2D eigenvalue weighted by atomic mass is 16.5. The summed E-state index contributed by atoms with van der Waals surface area (Å²) in [6.45, 7) is 2.72. The first-order chi connectivity index (χ1) is 7.19. The molecule has 0 aromatic carbocycles. The van der Waals surface area contributed by atoms with E-state index < -0.39 is 6.10 Å². The van der Waals surface area contributed by atoms with Gasteiger partial charge in [-0.05, 0) is 12.5 Å². The van der Waals surface area contributed by atoms with Gasteiger partial charge in [0.05, 0.1) is 6.10 Å². The predicted molar refractivity (Wildman–Crippen MR) is 52.0 cm³/mol. The van der Waals surface area contributed by atoms with Crippen LogP contribution in [-0.2, 0) is 9.53 Å². The molecule has 0 aromatic rings. The summed E-state index contributed by atoms with van der Waals surface area (Å²) in [5.41, 5.74) is 8.06. The van der Waals surface area contributed by atoms with Gasteiger partial charge in [-0.3, -0.25) is 4.79 Å². The van der Waals surface area contributed by atoms with Crippen molar-refractivity contribution >= 4 is 5.91 Å². The lowest BCUT2D eigenvalue weighted by atomic mass is 10.3. The predicted octanol–water partition coefficient (Wildman–Crippen LogP) is -0.0951. The van der Waals surface area contributed by atoms with Gasteiger partial charge in [0.15, 0.2) is 0 Å². The summed E-state index contributed by atoms with van der Waals surface area (Å²) in [7, 11) is 0. The number of azide groups is 1. The zero-order valence-electron chi connectivity index (χ0n) is 8.54. The number of ether oxygens (including phenoxy) is 1. The Morgan fingerprint density at radius 1 is 1.73 bits per heavy atom. The summed E-state index contributed by atoms with van der Waals surface area (Å²) >= 11 is 0. The maximum atomic E-state index is 11.4. The molecule has 0 spiro atoms. The molecule has 1 N–H and O–H groups in total. The Labute approximate surface area is 87.3 Å². The van der Waals surface area contributed by atoms with Gasteiger partial charge >= 0.3 is 0 Å². The van der Waals surface area contributed by atoms with Crippen LogP contribution in [0.4, 0.5) is 0 Å². The second-order valence-electron chi connectivity index (χ2n) is 3.25. The first-order valence-corrected chi connectivity index (χ1v) is 4.77. The molecule has 1 fully saturated rings. The third-order valence-corrected chi connectivity index (χ3v) is 2.24. The van der Waals surface area contributed by atoms with Crippen molar-refractivity contribution in [2.45, 2.75) is 19.1 Å². The van der Waals surface area contributed by atoms with Gasteiger partial charge in [-0.15, -0.1) is 0 Å². The average molecular weight is 214 g/mol. The normalized spacial score (nSPS) is 25.1. The van der Waals surface area contributed by atoms with Gasteiger partial charge in [0.25, 0.3) is 0 Å². The second kappa shape index (κ2) is 5.55. The van der Waals surface area contributed by atoms with Gasteiger partial charge < -0.3 is 14.7 Å². The van der Waals surface area contributed by atoms with E-state index in [4.69, 9.17) is 10.3 Å². The van der Waals surface area contributed by atoms with Crippen molar-refractivity contribution < 1.29 is 14.6 Å². The van der Waals surface area contributed by atoms with Crippen molar-refractivity contribution in [2.75, 3.05) is 26.2 Å². The van der Waals surface area contributed by atoms with Crippen molar-refractivity contribution in [2.24, 2.45) is 5.11 Å². The lowest BCUT2D eigenvalue weighted by molar-refractivity contribution is -0.129. The molecule has 1 aliphatic rings. The van der Waals surface area contributed by atoms with Crippen molar-refractivity contribution in [3.8, 4) is 0 Å². The molecular formula is C8H14N4O3. The Morgan fingerprint density at radius 2 is 2.47 bits per heavy atom. The summed E-state index contributed by atoms with van der Waals surface area (Å²) in [6.07, 6.45) is -0.981. The molecule has 0 aromatic heterocycles. The molecule has 1 amide bonds. The smallest absolute Gasteiger partial charge is 0.228 e. The van der Waals surface area contributed by atoms with Crippen LogP contribution < -0.4 is 0 Å². The van der Waals surface area contributed by atoms with Crippen LogP contribution in [0.5, 0.6) is 0 Å². The van der Waals surface area contributed by atoms with Crippen LogP contribution >= 0.6 is 0 Å². The molecule has 15 heavy (non-hydrogen) atoms. The lowest BCUT2D eigenvalue weighted by Gasteiger charge is -2.14. The van der Waals surface area contributed by atoms with Gasteiger partial charge in [-0.2, -0.15) is 0 Å². The number of rotatable bonds is 4. The van der Waals surface area contributed by atoms with Gasteiger partial charge in [0, 0.05) is 24.6 Å². The van der Waals surface area contributed by atoms with Crippen molar-refractivity contribution in [1.82, 2.24) is 4.90 Å². The molecule has 1 aliphatic heterocycles. The average Bonchev–Trinajstić information content (AvgIpc) is 2.58. The van der Waals surface area contributed by atoms with Gasteiger partial charge in [0.2, 0.25) is 5.91 Å². The van der Waals surface area contributed by atoms with Gasteiger partial charge in [0.1, 0.15) is 12.6 Å². The number of carbonyl (C=O) groups is 1. The summed E-state index contributed by atoms with van der Waals surface area (Å²) in [4.78, 5) is 15.3. The number of hydrogen-bond donors (Lipinski definition) is 1. The van der Waals surface area contributed by atoms with Crippen LogP contribution in [0.2, 0.25) is 0 Å². The molecule has 0 bridgehead atoms. The number of nitrogens with zero attached hydrogens (tertiary/aromatic N) is 4. The van der Waals surface area contributed by atoms with E-state index in [0.717, 1.165) is 0 Å². The molecule has 1 rings (SSSR count). The first kappa shape index (κ1) is 11.8. The summed E-state index contributed by atoms with van der Waals surface area (Å²) in [5.74, 6) is -0.283. The van der Waals surface area contributed by atoms with E-state index in [2.05, 4.69) is 10.0 Å². The zero-order chi connectivity index (χ0) is 11.3. The maximum absolute atomic E-state index is 11.4. The Balaban J connectivity index is 2.46. The van der Waals surface area contributed by atoms with Crippen LogP contribution in [0.3, 0.4) is 0 Å². The Morgan fingerprint density at radius 3 is 3.07 bits per heavy atom. The number of hydrogen-bond acceptors (Lipinski definition) is 4. The number of amides is 1. The number of aliphatic hydroxyl groups is 1. The SMILES string of the molecule is CCO[C@H]1CN(C(=O)CN=[N+]=[N-])C[C@@H]1O. The number of carbonyl (C=O) groups excluding carboxylic acids is 1. The lowest BCUT2D eigenvalue weighted by Crippen LogP contribution is -2.31. The minimum Gasteiger partial charge on any atom is -0.388 e. The highest BCUT2D eigenvalue weighted by Gasteiger charge is 2.33. The second-order valence-corrected chi connectivity index (χ2v) is 3.25. The van der Waals surface area contributed by atoms with E-state index in [1.54, 1.807) is 0 Å². The molecule has 1 heterocycles. The van der Waals surface area contributed by atoms with Crippen LogP contribution in [0.15, 0.2) is 5.11 Å². The zero-order valence-corrected chi connectivity index (χ0v) is 8.54. The highest BCUT2D eigenvalue weighted by molar-refractivity contribution is 5.78. The van der Waals surface area contributed by atoms with Crippen molar-refractivity contribution in [3.05, 3.63) is 10.4 Å². The van der Waals surface area contributed by atoms with Crippen molar-refractivity contribution in [1.29, 1.82) is 0 Å². The standard InChI is InChI=1S/C8H14N4O3/c1-2-15-7-5-12(4-6(7)13)8(14)3-10-11-9/h6-7,13H,2-5H2,1H3/t6-,7-/m0/s1. The fourth-order valence-corrected chi connectivity index (χ4v) is 1.53. The topological polar surface area (TPSA) is 98.5 Å². The molecule has 0 radical (unpaired) electrons. The Bertz CT molecular complexity index is 277. The number of aliphatic hydroxyl groups excluding tert-OH is 1. The Hall–Kier alpha value is -1.30. The highest BCUT2D eigenvalue weighted by Crippen LogP contribution is 2.13. The molecular weight excluding hydrogens is 200 g/mol. The fraction of sp³-hybridized carbons (Fsp3) is 0.875. The monoisotopic (exact) mass is 214 g/mol. The quantitative estimate of drug-likeness (QED) is 0.402. The molecule has 84 valence electrons. The van der Waals surface area contributed by atoms with Crippen LogP contribution in [0.1, 0.15) is 6.92 Å². The van der Waals surface area contributed by atoms with Crippen molar-refractivity contribution in [3.63, 3.8) is 0 Å². The van der Waals surface area contributed by atoms with Gasteiger partial charge in [-0.25, -0.2) is 0 Å². The number of β-amino-alcohol motifs (C(OH)–C–C–N with tert-alkyl or cyclic N) is 1. The van der Waals surface area contributed by atoms with E-state index in [1.807, 2.05) is 6.92 Å². The summed E-state index contributed by atoms with van der Waals surface area (Å²) in [5, 5.41) is 12.7. The molecule has 0 saturated carbocycles. The van der Waals surface area contributed by atoms with E-state index in [1.165, 1.54) is 4.90 Å². The molecule has 0 aliphatic carbocycles. The minimum absolute atomic E-state index is 0.206. The molecule has 0 unspecified atom stereocenters. The number of likely N-dealkylation sites (tertiary alicyclic amines) is 1. The maximum Gasteiger partial charge on any atom is 0.228 e. The summed E-state index contributed by atoms with van der Waals surface area (Å²) < 4.78 is 5.25. The van der Waals surface area contributed by atoms with E-state index >= 15 is 0 Å².